The molecule has 0 aromatic heterocycles. The number of rotatable bonds is 4. The SMILES string of the molecule is O=C1c2ccccc2CCN1c1cccc(CCCO)c1. The molecule has 0 fully saturated rings. The minimum atomic E-state index is 0.0798. The van der Waals surface area contributed by atoms with E-state index in [-0.39, 0.29) is 12.5 Å². The van der Waals surface area contributed by atoms with Crippen molar-refractivity contribution in [1.29, 1.82) is 0 Å². The van der Waals surface area contributed by atoms with Crippen LogP contribution in [-0.4, -0.2) is 24.2 Å². The van der Waals surface area contributed by atoms with Crippen LogP contribution in [0.4, 0.5) is 5.69 Å². The van der Waals surface area contributed by atoms with Crippen LogP contribution in [0.3, 0.4) is 0 Å². The highest BCUT2D eigenvalue weighted by molar-refractivity contribution is 6.08. The van der Waals surface area contributed by atoms with Gasteiger partial charge in [0.25, 0.3) is 5.91 Å². The van der Waals surface area contributed by atoms with Gasteiger partial charge in [-0.15, -0.1) is 0 Å². The molecule has 0 bridgehead atoms. The fourth-order valence-corrected chi connectivity index (χ4v) is 2.84. The van der Waals surface area contributed by atoms with Gasteiger partial charge in [-0.25, -0.2) is 0 Å². The summed E-state index contributed by atoms with van der Waals surface area (Å²) in [4.78, 5) is 14.5. The van der Waals surface area contributed by atoms with Crippen LogP contribution in [0.2, 0.25) is 0 Å². The minimum absolute atomic E-state index is 0.0798. The van der Waals surface area contributed by atoms with Crippen molar-refractivity contribution >= 4 is 11.6 Å². The third kappa shape index (κ3) is 2.83. The Hall–Kier alpha value is -2.13. The number of carbonyl (C=O) groups is 1. The zero-order chi connectivity index (χ0) is 14.7. The summed E-state index contributed by atoms with van der Waals surface area (Å²) in [6, 6.07) is 15.9. The zero-order valence-corrected chi connectivity index (χ0v) is 12.0. The molecule has 1 heterocycles. The molecule has 21 heavy (non-hydrogen) atoms. The van der Waals surface area contributed by atoms with Gasteiger partial charge in [-0.05, 0) is 48.6 Å². The first kappa shape index (κ1) is 13.8. The van der Waals surface area contributed by atoms with Gasteiger partial charge in [0.15, 0.2) is 0 Å². The van der Waals surface area contributed by atoms with Crippen LogP contribution in [0.1, 0.15) is 27.9 Å². The first-order valence-electron chi connectivity index (χ1n) is 7.39. The Morgan fingerprint density at radius 3 is 2.81 bits per heavy atom. The second-order valence-corrected chi connectivity index (χ2v) is 5.36. The van der Waals surface area contributed by atoms with Crippen LogP contribution in [0.25, 0.3) is 0 Å². The monoisotopic (exact) mass is 281 g/mol. The Kier molecular flexibility index (Phi) is 4.02. The Morgan fingerprint density at radius 1 is 1.10 bits per heavy atom. The molecule has 108 valence electrons. The van der Waals surface area contributed by atoms with E-state index in [4.69, 9.17) is 5.11 Å². The van der Waals surface area contributed by atoms with E-state index in [2.05, 4.69) is 6.07 Å². The number of hydrogen-bond acceptors (Lipinski definition) is 2. The van der Waals surface area contributed by atoms with E-state index in [0.29, 0.717) is 0 Å². The van der Waals surface area contributed by atoms with Crippen molar-refractivity contribution in [2.24, 2.45) is 0 Å². The quantitative estimate of drug-likeness (QED) is 0.936. The first-order chi connectivity index (χ1) is 10.3. The lowest BCUT2D eigenvalue weighted by atomic mass is 9.98. The molecule has 1 aliphatic heterocycles. The fourth-order valence-electron chi connectivity index (χ4n) is 2.84. The highest BCUT2D eigenvalue weighted by atomic mass is 16.2. The Balaban J connectivity index is 1.86. The summed E-state index contributed by atoms with van der Waals surface area (Å²) >= 11 is 0. The van der Waals surface area contributed by atoms with E-state index in [1.165, 1.54) is 0 Å². The third-order valence-corrected chi connectivity index (χ3v) is 3.94. The van der Waals surface area contributed by atoms with Crippen LogP contribution in [0.5, 0.6) is 0 Å². The average molecular weight is 281 g/mol. The van der Waals surface area contributed by atoms with Gasteiger partial charge in [0.2, 0.25) is 0 Å². The van der Waals surface area contributed by atoms with Crippen LogP contribution in [0.15, 0.2) is 48.5 Å². The van der Waals surface area contributed by atoms with Gasteiger partial charge >= 0.3 is 0 Å². The smallest absolute Gasteiger partial charge is 0.258 e. The van der Waals surface area contributed by atoms with Crippen molar-refractivity contribution in [1.82, 2.24) is 0 Å². The molecule has 3 nitrogen and oxygen atoms in total. The molecular weight excluding hydrogens is 262 g/mol. The Morgan fingerprint density at radius 2 is 1.95 bits per heavy atom. The summed E-state index contributed by atoms with van der Waals surface area (Å²) in [6.45, 7) is 0.916. The molecule has 1 N–H and O–H groups in total. The number of aliphatic hydroxyl groups excluding tert-OH is 1. The standard InChI is InChI=1S/C18H19NO2/c20-12-4-6-14-5-3-8-16(13-14)19-11-10-15-7-1-2-9-17(15)18(19)21/h1-3,5,7-9,13,20H,4,6,10-12H2. The van der Waals surface area contributed by atoms with Crippen molar-refractivity contribution in [3.05, 3.63) is 65.2 Å². The van der Waals surface area contributed by atoms with Crippen molar-refractivity contribution < 1.29 is 9.90 Å². The largest absolute Gasteiger partial charge is 0.396 e. The summed E-state index contributed by atoms with van der Waals surface area (Å²) in [5.74, 6) is 0.0798. The molecule has 0 spiro atoms. The van der Waals surface area contributed by atoms with E-state index >= 15 is 0 Å². The van der Waals surface area contributed by atoms with E-state index in [1.54, 1.807) is 0 Å². The number of hydrogen-bond donors (Lipinski definition) is 1. The van der Waals surface area contributed by atoms with E-state index in [9.17, 15) is 4.79 Å². The highest BCUT2D eigenvalue weighted by Gasteiger charge is 2.24. The van der Waals surface area contributed by atoms with Crippen LogP contribution >= 0.6 is 0 Å². The predicted molar refractivity (Wildman–Crippen MR) is 83.7 cm³/mol. The van der Waals surface area contributed by atoms with Gasteiger partial charge in [0, 0.05) is 24.4 Å². The number of aliphatic hydroxyl groups is 1. The number of anilines is 1. The van der Waals surface area contributed by atoms with Gasteiger partial charge in [-0.3, -0.25) is 4.79 Å². The van der Waals surface area contributed by atoms with Gasteiger partial charge in [0.1, 0.15) is 0 Å². The number of amides is 1. The minimum Gasteiger partial charge on any atom is -0.396 e. The normalized spacial score (nSPS) is 14.1. The molecule has 3 rings (SSSR count). The van der Waals surface area contributed by atoms with Gasteiger partial charge in [0.05, 0.1) is 0 Å². The van der Waals surface area contributed by atoms with Crippen molar-refractivity contribution in [3.63, 3.8) is 0 Å². The zero-order valence-electron chi connectivity index (χ0n) is 12.0. The number of nitrogens with zero attached hydrogens (tertiary/aromatic N) is 1. The van der Waals surface area contributed by atoms with Crippen LogP contribution < -0.4 is 4.90 Å². The van der Waals surface area contributed by atoms with Crippen molar-refractivity contribution in [3.8, 4) is 0 Å². The van der Waals surface area contributed by atoms with Gasteiger partial charge < -0.3 is 10.0 Å². The average Bonchev–Trinajstić information content (AvgIpc) is 2.54. The first-order valence-corrected chi connectivity index (χ1v) is 7.39. The topological polar surface area (TPSA) is 40.5 Å². The molecule has 2 aromatic carbocycles. The van der Waals surface area contributed by atoms with Crippen LogP contribution in [-0.2, 0) is 12.8 Å². The van der Waals surface area contributed by atoms with E-state index in [0.717, 1.165) is 48.2 Å². The molecule has 2 aromatic rings. The Labute approximate surface area is 124 Å². The molecule has 0 atom stereocenters. The molecule has 0 saturated heterocycles. The molecule has 0 radical (unpaired) electrons. The van der Waals surface area contributed by atoms with Crippen molar-refractivity contribution in [2.45, 2.75) is 19.3 Å². The summed E-state index contributed by atoms with van der Waals surface area (Å²) in [6.07, 6.45) is 2.48. The summed E-state index contributed by atoms with van der Waals surface area (Å²) in [7, 11) is 0. The highest BCUT2D eigenvalue weighted by Crippen LogP contribution is 2.25. The molecule has 0 aliphatic carbocycles. The fraction of sp³-hybridized carbons (Fsp3) is 0.278. The molecule has 1 aliphatic rings. The number of benzene rings is 2. The van der Waals surface area contributed by atoms with Gasteiger partial charge in [-0.1, -0.05) is 30.3 Å². The van der Waals surface area contributed by atoms with E-state index in [1.807, 2.05) is 47.4 Å². The summed E-state index contributed by atoms with van der Waals surface area (Å²) in [5.41, 5.74) is 4.05. The number of aryl methyl sites for hydroxylation is 1. The van der Waals surface area contributed by atoms with Gasteiger partial charge in [-0.2, -0.15) is 0 Å². The lowest BCUT2D eigenvalue weighted by Gasteiger charge is -2.29. The number of carbonyl (C=O) groups excluding carboxylic acids is 1. The second-order valence-electron chi connectivity index (χ2n) is 5.36. The lowest BCUT2D eigenvalue weighted by Crippen LogP contribution is -2.37. The molecule has 0 unspecified atom stereocenters. The Bertz CT molecular complexity index is 651. The maximum absolute atomic E-state index is 12.6. The predicted octanol–water partition coefficient (Wildman–Crippen LogP) is 2.81. The van der Waals surface area contributed by atoms with Crippen LogP contribution in [0, 0.1) is 0 Å². The summed E-state index contributed by atoms with van der Waals surface area (Å²) in [5, 5.41) is 8.93. The maximum atomic E-state index is 12.6. The molecule has 3 heteroatoms. The summed E-state index contributed by atoms with van der Waals surface area (Å²) < 4.78 is 0. The molecule has 1 amide bonds. The maximum Gasteiger partial charge on any atom is 0.258 e. The third-order valence-electron chi connectivity index (χ3n) is 3.94. The number of fused-ring (bicyclic) bond motifs is 1. The van der Waals surface area contributed by atoms with Crippen molar-refractivity contribution in [2.75, 3.05) is 18.1 Å². The molecular formula is C18H19NO2. The molecule has 0 saturated carbocycles. The second kappa shape index (κ2) is 6.10. The lowest BCUT2D eigenvalue weighted by molar-refractivity contribution is 0.0980. The van der Waals surface area contributed by atoms with E-state index < -0.39 is 0 Å².